The van der Waals surface area contributed by atoms with Gasteiger partial charge in [-0.15, -0.1) is 5.10 Å². The molecule has 3 rings (SSSR count). The molecule has 0 fully saturated rings. The Labute approximate surface area is 158 Å². The molecule has 138 valence electrons. The maximum atomic E-state index is 12.1. The second-order valence-electron chi connectivity index (χ2n) is 5.31. The summed E-state index contributed by atoms with van der Waals surface area (Å²) in [5.74, 6) is 0.543. The van der Waals surface area contributed by atoms with Crippen LogP contribution < -0.4 is 10.1 Å². The summed E-state index contributed by atoms with van der Waals surface area (Å²) >= 11 is 1.13. The number of nitrogens with zero attached hydrogens (tertiary/aromatic N) is 3. The van der Waals surface area contributed by atoms with E-state index in [9.17, 15) is 14.9 Å². The zero-order valence-electron chi connectivity index (χ0n) is 14.2. The van der Waals surface area contributed by atoms with E-state index in [1.54, 1.807) is 0 Å². The number of carbonyl (C=O) groups is 1. The van der Waals surface area contributed by atoms with Crippen molar-refractivity contribution in [1.82, 2.24) is 15.2 Å². The van der Waals surface area contributed by atoms with Gasteiger partial charge >= 0.3 is 0 Å². The van der Waals surface area contributed by atoms with Crippen LogP contribution in [0.2, 0.25) is 0 Å². The van der Waals surface area contributed by atoms with Crippen molar-refractivity contribution >= 4 is 29.0 Å². The molecule has 1 heterocycles. The minimum Gasteiger partial charge on any atom is -0.496 e. The third kappa shape index (κ3) is 4.61. The third-order valence-corrected chi connectivity index (χ3v) is 4.37. The molecule has 0 unspecified atom stereocenters. The Kier molecular flexibility index (Phi) is 5.67. The van der Waals surface area contributed by atoms with Gasteiger partial charge in [0.2, 0.25) is 11.1 Å². The number of aromatic nitrogens is 3. The molecule has 1 aromatic heterocycles. The van der Waals surface area contributed by atoms with Crippen molar-refractivity contribution in [2.45, 2.75) is 5.16 Å². The Hall–Kier alpha value is -3.40. The first-order chi connectivity index (χ1) is 13.1. The van der Waals surface area contributed by atoms with Gasteiger partial charge in [0.05, 0.1) is 23.9 Å². The van der Waals surface area contributed by atoms with Gasteiger partial charge in [0.15, 0.2) is 5.82 Å². The first-order valence-corrected chi connectivity index (χ1v) is 8.78. The molecule has 10 heteroatoms. The Morgan fingerprint density at radius 2 is 2.07 bits per heavy atom. The van der Waals surface area contributed by atoms with Gasteiger partial charge in [0.1, 0.15) is 11.4 Å². The summed E-state index contributed by atoms with van der Waals surface area (Å²) in [6.45, 7) is 0. The van der Waals surface area contributed by atoms with Crippen LogP contribution in [0.15, 0.2) is 53.7 Å². The van der Waals surface area contributed by atoms with Gasteiger partial charge in [-0.05, 0) is 12.1 Å². The number of nitro benzene ring substituents is 1. The van der Waals surface area contributed by atoms with Crippen molar-refractivity contribution in [1.29, 1.82) is 0 Å². The van der Waals surface area contributed by atoms with Crippen LogP contribution >= 0.6 is 11.8 Å². The number of thioether (sulfide) groups is 1. The Morgan fingerprint density at radius 3 is 2.78 bits per heavy atom. The van der Waals surface area contributed by atoms with Crippen molar-refractivity contribution in [2.24, 2.45) is 0 Å². The number of ether oxygens (including phenoxy) is 1. The number of hydrogen-bond acceptors (Lipinski definition) is 7. The third-order valence-electron chi connectivity index (χ3n) is 3.52. The van der Waals surface area contributed by atoms with E-state index in [4.69, 9.17) is 4.74 Å². The summed E-state index contributed by atoms with van der Waals surface area (Å²) in [4.78, 5) is 27.0. The number of aromatic amines is 1. The maximum absolute atomic E-state index is 12.1. The molecule has 0 radical (unpaired) electrons. The number of H-pyrrole nitrogens is 1. The van der Waals surface area contributed by atoms with Crippen LogP contribution in [-0.2, 0) is 4.79 Å². The van der Waals surface area contributed by atoms with E-state index in [0.717, 1.165) is 17.3 Å². The summed E-state index contributed by atoms with van der Waals surface area (Å²) in [6, 6.07) is 13.7. The standard InChI is InChI=1S/C17H15N5O4S/c1-26-12-7-8-13(14(9-12)22(24)25)18-15(23)10-27-17-19-16(20-21-17)11-5-3-2-4-6-11/h2-9H,10H2,1H3,(H,18,23)(H,19,20,21). The van der Waals surface area contributed by atoms with E-state index < -0.39 is 10.8 Å². The highest BCUT2D eigenvalue weighted by molar-refractivity contribution is 7.99. The summed E-state index contributed by atoms with van der Waals surface area (Å²) in [5.41, 5.74) is 0.749. The highest BCUT2D eigenvalue weighted by atomic mass is 32.2. The molecule has 1 amide bonds. The van der Waals surface area contributed by atoms with E-state index in [0.29, 0.717) is 16.7 Å². The van der Waals surface area contributed by atoms with Crippen LogP contribution in [-0.4, -0.2) is 38.9 Å². The Bertz CT molecular complexity index is 961. The van der Waals surface area contributed by atoms with Gasteiger partial charge in [0, 0.05) is 5.56 Å². The molecule has 0 spiro atoms. The smallest absolute Gasteiger partial charge is 0.296 e. The van der Waals surface area contributed by atoms with Crippen LogP contribution in [0.4, 0.5) is 11.4 Å². The zero-order chi connectivity index (χ0) is 19.2. The van der Waals surface area contributed by atoms with Crippen LogP contribution in [0, 0.1) is 10.1 Å². The molecule has 0 atom stereocenters. The number of nitro groups is 1. The van der Waals surface area contributed by atoms with Crippen molar-refractivity contribution in [3.8, 4) is 17.1 Å². The minimum atomic E-state index is -0.577. The molecule has 0 aliphatic heterocycles. The Balaban J connectivity index is 1.62. The number of amides is 1. The van der Waals surface area contributed by atoms with Crippen molar-refractivity contribution in [3.05, 3.63) is 58.6 Å². The monoisotopic (exact) mass is 385 g/mol. The van der Waals surface area contributed by atoms with E-state index in [2.05, 4.69) is 20.5 Å². The molecule has 0 saturated heterocycles. The molecule has 27 heavy (non-hydrogen) atoms. The van der Waals surface area contributed by atoms with E-state index in [1.807, 2.05) is 30.3 Å². The van der Waals surface area contributed by atoms with Gasteiger partial charge in [-0.3, -0.25) is 20.0 Å². The van der Waals surface area contributed by atoms with Crippen LogP contribution in [0.25, 0.3) is 11.4 Å². The summed E-state index contributed by atoms with van der Waals surface area (Å²) in [5, 5.41) is 21.0. The summed E-state index contributed by atoms with van der Waals surface area (Å²) in [6.07, 6.45) is 0. The predicted molar refractivity (Wildman–Crippen MR) is 101 cm³/mol. The van der Waals surface area contributed by atoms with Gasteiger partial charge in [0.25, 0.3) is 5.69 Å². The lowest BCUT2D eigenvalue weighted by Gasteiger charge is -2.06. The molecule has 2 N–H and O–H groups in total. The van der Waals surface area contributed by atoms with Crippen molar-refractivity contribution < 1.29 is 14.5 Å². The number of hydrogen-bond donors (Lipinski definition) is 2. The molecule has 0 bridgehead atoms. The highest BCUT2D eigenvalue weighted by Crippen LogP contribution is 2.29. The lowest BCUT2D eigenvalue weighted by molar-refractivity contribution is -0.384. The fraction of sp³-hybridized carbons (Fsp3) is 0.118. The first-order valence-electron chi connectivity index (χ1n) is 7.79. The topological polar surface area (TPSA) is 123 Å². The summed E-state index contributed by atoms with van der Waals surface area (Å²) < 4.78 is 4.97. The van der Waals surface area contributed by atoms with E-state index in [-0.39, 0.29) is 17.1 Å². The lowest BCUT2D eigenvalue weighted by Crippen LogP contribution is -2.15. The average molecular weight is 385 g/mol. The largest absolute Gasteiger partial charge is 0.496 e. The number of carbonyl (C=O) groups excluding carboxylic acids is 1. The number of benzene rings is 2. The van der Waals surface area contributed by atoms with Crippen molar-refractivity contribution in [3.63, 3.8) is 0 Å². The van der Waals surface area contributed by atoms with Crippen LogP contribution in [0.3, 0.4) is 0 Å². The second-order valence-corrected chi connectivity index (χ2v) is 6.25. The van der Waals surface area contributed by atoms with Gasteiger partial charge in [-0.25, -0.2) is 4.98 Å². The lowest BCUT2D eigenvalue weighted by atomic mass is 10.2. The number of methoxy groups -OCH3 is 1. The maximum Gasteiger partial charge on any atom is 0.296 e. The summed E-state index contributed by atoms with van der Waals surface area (Å²) in [7, 11) is 1.41. The second kappa shape index (κ2) is 8.32. The Morgan fingerprint density at radius 1 is 1.30 bits per heavy atom. The van der Waals surface area contributed by atoms with Crippen LogP contribution in [0.5, 0.6) is 5.75 Å². The number of nitrogens with one attached hydrogen (secondary N) is 2. The molecule has 3 aromatic rings. The first kappa shape index (κ1) is 18.4. The highest BCUT2D eigenvalue weighted by Gasteiger charge is 2.17. The minimum absolute atomic E-state index is 0.00919. The molecule has 9 nitrogen and oxygen atoms in total. The van der Waals surface area contributed by atoms with Crippen LogP contribution in [0.1, 0.15) is 0 Å². The molecule has 2 aromatic carbocycles. The number of anilines is 1. The number of rotatable bonds is 7. The van der Waals surface area contributed by atoms with Crippen molar-refractivity contribution in [2.75, 3.05) is 18.2 Å². The van der Waals surface area contributed by atoms with E-state index >= 15 is 0 Å². The zero-order valence-corrected chi connectivity index (χ0v) is 15.0. The average Bonchev–Trinajstić information content (AvgIpc) is 3.16. The fourth-order valence-corrected chi connectivity index (χ4v) is 2.85. The SMILES string of the molecule is COc1ccc(NC(=O)CSc2n[nH]c(-c3ccccc3)n2)c([N+](=O)[O-])c1. The molecular formula is C17H15N5O4S. The van der Waals surface area contributed by atoms with Gasteiger partial charge in [-0.2, -0.15) is 0 Å². The predicted octanol–water partition coefficient (Wildman–Crippen LogP) is 3.12. The van der Waals surface area contributed by atoms with Gasteiger partial charge < -0.3 is 10.1 Å². The normalized spacial score (nSPS) is 10.4. The quantitative estimate of drug-likeness (QED) is 0.364. The molecular weight excluding hydrogens is 370 g/mol. The molecule has 0 aliphatic rings. The van der Waals surface area contributed by atoms with Gasteiger partial charge in [-0.1, -0.05) is 42.1 Å². The molecule has 0 saturated carbocycles. The molecule has 0 aliphatic carbocycles. The fourth-order valence-electron chi connectivity index (χ4n) is 2.25. The van der Waals surface area contributed by atoms with E-state index in [1.165, 1.54) is 25.3 Å².